The van der Waals surface area contributed by atoms with Gasteiger partial charge in [-0.25, -0.2) is 13.8 Å². The van der Waals surface area contributed by atoms with E-state index in [9.17, 15) is 13.2 Å². The van der Waals surface area contributed by atoms with Gasteiger partial charge in [0.1, 0.15) is 18.0 Å². The number of hydrogen-bond donors (Lipinski definition) is 2. The lowest BCUT2D eigenvalue weighted by molar-refractivity contribution is -0.138. The molecule has 1 atom stereocenters. The van der Waals surface area contributed by atoms with Crippen LogP contribution in [0.5, 0.6) is 5.75 Å². The number of carbonyl (C=O) groups excluding carboxylic acids is 1. The van der Waals surface area contributed by atoms with Gasteiger partial charge in [-0.05, 0) is 25.3 Å². The second-order valence-corrected chi connectivity index (χ2v) is 9.26. The maximum absolute atomic E-state index is 15.7. The zero-order valence-corrected chi connectivity index (χ0v) is 18.9. The summed E-state index contributed by atoms with van der Waals surface area (Å²) in [7, 11) is -0.241. The summed E-state index contributed by atoms with van der Waals surface area (Å²) < 4.78 is 50.3. The van der Waals surface area contributed by atoms with Gasteiger partial charge in [-0.15, -0.1) is 0 Å². The quantitative estimate of drug-likeness (QED) is 0.544. The van der Waals surface area contributed by atoms with Crippen molar-refractivity contribution in [3.05, 3.63) is 17.4 Å². The molecule has 0 saturated heterocycles. The van der Waals surface area contributed by atoms with E-state index in [0.717, 1.165) is 20.1 Å². The monoisotopic (exact) mass is 446 g/mol. The van der Waals surface area contributed by atoms with Crippen LogP contribution in [0.2, 0.25) is 0 Å². The summed E-state index contributed by atoms with van der Waals surface area (Å²) in [5.41, 5.74) is 0.531. The molecule has 0 aromatic heterocycles. The highest BCUT2D eigenvalue weighted by molar-refractivity contribution is 7.90. The van der Waals surface area contributed by atoms with Gasteiger partial charge in [0.2, 0.25) is 0 Å². The molecule has 1 heterocycles. The van der Waals surface area contributed by atoms with Crippen LogP contribution in [0, 0.1) is 11.7 Å². The van der Waals surface area contributed by atoms with Gasteiger partial charge in [0.25, 0.3) is 10.2 Å². The van der Waals surface area contributed by atoms with E-state index in [0.29, 0.717) is 34.4 Å². The fourth-order valence-corrected chi connectivity index (χ4v) is 4.21. The van der Waals surface area contributed by atoms with Crippen LogP contribution in [0.25, 0.3) is 0 Å². The van der Waals surface area contributed by atoms with Crippen LogP contribution < -0.4 is 24.4 Å². The third kappa shape index (κ3) is 5.52. The summed E-state index contributed by atoms with van der Waals surface area (Å²) in [6, 6.07) is 1.55. The predicted molar refractivity (Wildman–Crippen MR) is 114 cm³/mol. The second kappa shape index (κ2) is 9.80. The molecule has 0 amide bonds. The van der Waals surface area contributed by atoms with Crippen LogP contribution in [0.1, 0.15) is 25.8 Å². The summed E-state index contributed by atoms with van der Waals surface area (Å²) in [6.45, 7) is 4.94. The Hall–Kier alpha value is -2.11. The molecule has 1 aromatic carbocycles. The van der Waals surface area contributed by atoms with Gasteiger partial charge in [0.05, 0.1) is 14.2 Å². The fraction of sp³-hybridized carbons (Fsp3) is 0.632. The van der Waals surface area contributed by atoms with Gasteiger partial charge in [0.15, 0.2) is 5.82 Å². The summed E-state index contributed by atoms with van der Waals surface area (Å²) >= 11 is 0. The van der Waals surface area contributed by atoms with E-state index >= 15 is 4.39 Å². The van der Waals surface area contributed by atoms with Crippen molar-refractivity contribution in [2.75, 3.05) is 50.1 Å². The van der Waals surface area contributed by atoms with Crippen LogP contribution in [0.3, 0.4) is 0 Å². The lowest BCUT2D eigenvalue weighted by Gasteiger charge is -2.36. The topological polar surface area (TPSA) is 114 Å². The van der Waals surface area contributed by atoms with E-state index < -0.39 is 34.2 Å². The minimum Gasteiger partial charge on any atom is -0.494 e. The maximum atomic E-state index is 15.7. The Balaban J connectivity index is 2.50. The Morgan fingerprint density at radius 2 is 2.10 bits per heavy atom. The first kappa shape index (κ1) is 24.2. The van der Waals surface area contributed by atoms with Crippen LogP contribution in [-0.2, 0) is 26.2 Å². The Morgan fingerprint density at radius 1 is 1.43 bits per heavy atom. The molecule has 9 nitrogen and oxygen atoms in total. The average molecular weight is 447 g/mol. The number of fused-ring (bicyclic) bond motifs is 1. The molecule has 1 aliphatic heterocycles. The molecule has 170 valence electrons. The number of ether oxygens (including phenoxy) is 2. The highest BCUT2D eigenvalue weighted by Gasteiger charge is 2.34. The van der Waals surface area contributed by atoms with Crippen molar-refractivity contribution in [2.45, 2.75) is 32.7 Å². The van der Waals surface area contributed by atoms with Crippen molar-refractivity contribution in [3.8, 4) is 5.75 Å². The number of halogens is 1. The van der Waals surface area contributed by atoms with Gasteiger partial charge in [-0.2, -0.15) is 8.42 Å². The van der Waals surface area contributed by atoms with Gasteiger partial charge in [-0.3, -0.25) is 4.79 Å². The molecule has 0 bridgehead atoms. The molecule has 1 unspecified atom stereocenters. The predicted octanol–water partition coefficient (Wildman–Crippen LogP) is 1.01. The zero-order chi connectivity index (χ0) is 22.6. The van der Waals surface area contributed by atoms with Crippen LogP contribution in [0.15, 0.2) is 6.07 Å². The molecule has 11 heteroatoms. The molecule has 0 aliphatic carbocycles. The number of nitrogens with zero attached hydrogens (tertiary/aromatic N) is 2. The van der Waals surface area contributed by atoms with Gasteiger partial charge < -0.3 is 19.7 Å². The summed E-state index contributed by atoms with van der Waals surface area (Å²) in [5.74, 6) is -1.17. The van der Waals surface area contributed by atoms with Crippen molar-refractivity contribution >= 4 is 27.6 Å². The highest BCUT2D eigenvalue weighted by atomic mass is 32.2. The third-order valence-corrected chi connectivity index (χ3v) is 6.00. The van der Waals surface area contributed by atoms with E-state index in [1.54, 1.807) is 6.07 Å². The van der Waals surface area contributed by atoms with E-state index in [1.165, 1.54) is 7.11 Å². The fourth-order valence-electron chi connectivity index (χ4n) is 3.50. The number of anilines is 2. The Bertz CT molecular complexity index is 878. The maximum Gasteiger partial charge on any atom is 0.326 e. The van der Waals surface area contributed by atoms with E-state index in [1.807, 2.05) is 11.9 Å². The van der Waals surface area contributed by atoms with Gasteiger partial charge >= 0.3 is 5.97 Å². The molecule has 0 saturated carbocycles. The highest BCUT2D eigenvalue weighted by Crippen LogP contribution is 2.41. The number of esters is 1. The minimum absolute atomic E-state index is 0.0134. The van der Waals surface area contributed by atoms with Gasteiger partial charge in [-0.1, -0.05) is 13.8 Å². The smallest absolute Gasteiger partial charge is 0.326 e. The first-order valence-electron chi connectivity index (χ1n) is 9.70. The number of methoxy groups -OCH3 is 2. The zero-order valence-electron chi connectivity index (χ0n) is 18.1. The first-order chi connectivity index (χ1) is 14.0. The molecule has 2 rings (SSSR count). The normalized spacial score (nSPS) is 16.4. The van der Waals surface area contributed by atoms with E-state index in [-0.39, 0.29) is 11.8 Å². The molecule has 3 N–H and O–H groups in total. The lowest BCUT2D eigenvalue weighted by Crippen LogP contribution is -2.46. The summed E-state index contributed by atoms with van der Waals surface area (Å²) in [4.78, 5) is 13.6. The van der Waals surface area contributed by atoms with Crippen LogP contribution in [0.4, 0.5) is 15.8 Å². The van der Waals surface area contributed by atoms with Crippen LogP contribution in [-0.4, -0.2) is 61.3 Å². The number of nitrogens with two attached hydrogens (primary N) is 1. The Kier molecular flexibility index (Phi) is 7.89. The lowest BCUT2D eigenvalue weighted by atomic mass is 9.96. The van der Waals surface area contributed by atoms with Crippen LogP contribution >= 0.6 is 0 Å². The standard InChI is InChI=1S/C19H31FN4O5S/c1-12(2)6-7-22-13-8-14-15(23(3)10-13)9-16(28-4)19(18(14)20)24(30(21,26)27)11-17(25)29-5/h9,12-13,22H,6-8,10-11H2,1-5H3,(H2,21,26,27). The first-order valence-corrected chi connectivity index (χ1v) is 11.2. The van der Waals surface area contributed by atoms with Gasteiger partial charge in [0, 0.05) is 37.0 Å². The second-order valence-electron chi connectivity index (χ2n) is 7.79. The molecular weight excluding hydrogens is 415 g/mol. The number of carbonyl (C=O) groups is 1. The minimum atomic E-state index is -4.47. The molecule has 0 radical (unpaired) electrons. The number of hydrogen-bond acceptors (Lipinski definition) is 7. The molecule has 0 spiro atoms. The average Bonchev–Trinajstić information content (AvgIpc) is 2.65. The molecule has 0 fully saturated rings. The number of rotatable bonds is 9. The molecule has 30 heavy (non-hydrogen) atoms. The Morgan fingerprint density at radius 3 is 2.63 bits per heavy atom. The summed E-state index contributed by atoms with van der Waals surface area (Å²) in [5, 5.41) is 8.71. The van der Waals surface area contributed by atoms with E-state index in [2.05, 4.69) is 23.9 Å². The molecule has 1 aliphatic rings. The number of likely N-dealkylation sites (N-methyl/N-ethyl adjacent to an activating group) is 1. The largest absolute Gasteiger partial charge is 0.494 e. The van der Waals surface area contributed by atoms with E-state index in [4.69, 9.17) is 9.88 Å². The van der Waals surface area contributed by atoms with Crippen molar-refractivity contribution in [1.82, 2.24) is 5.32 Å². The van der Waals surface area contributed by atoms with Crippen molar-refractivity contribution in [2.24, 2.45) is 11.1 Å². The molecular formula is C19H31FN4O5S. The molecule has 1 aromatic rings. The number of benzene rings is 1. The van der Waals surface area contributed by atoms with Crippen molar-refractivity contribution < 1.29 is 27.1 Å². The Labute approximate surface area is 177 Å². The number of nitrogens with one attached hydrogen (secondary N) is 1. The van der Waals surface area contributed by atoms with Crippen molar-refractivity contribution in [3.63, 3.8) is 0 Å². The SMILES string of the molecule is COC(=O)CN(c1c(OC)cc2c(c1F)CC(NCCC(C)C)CN2C)S(N)(=O)=O. The summed E-state index contributed by atoms with van der Waals surface area (Å²) in [6.07, 6.45) is 1.35. The third-order valence-electron chi connectivity index (χ3n) is 5.07. The van der Waals surface area contributed by atoms with Crippen molar-refractivity contribution in [1.29, 1.82) is 0 Å².